The standard InChI is InChI=1S/C28H35N5O4S/c1-6-37-22-15-18(8-10-21(22)34)16-23(35)33-13-11-19(12-14-33)24-20(9-7-17(2)29-24)25(36)30-27-32-31-26(38-27)28(3,4)5/h7-10,15,19,34H,6,11-14,16H2,1-5H3,(H,30,32,36). The van der Waals surface area contributed by atoms with Crippen LogP contribution in [0.1, 0.15) is 78.8 Å². The number of nitrogens with one attached hydrogen (secondary N) is 1. The number of phenolic OH excluding ortho intramolecular Hbond substituents is 1. The first kappa shape index (κ1) is 27.5. The zero-order valence-electron chi connectivity index (χ0n) is 22.6. The number of amides is 2. The summed E-state index contributed by atoms with van der Waals surface area (Å²) >= 11 is 1.38. The molecule has 4 rings (SSSR count). The van der Waals surface area contributed by atoms with Crippen molar-refractivity contribution >= 4 is 28.3 Å². The molecule has 0 atom stereocenters. The number of benzene rings is 1. The number of anilines is 1. The van der Waals surface area contributed by atoms with Crippen LogP contribution in [0.25, 0.3) is 0 Å². The number of pyridine rings is 1. The summed E-state index contributed by atoms with van der Waals surface area (Å²) in [7, 11) is 0. The largest absolute Gasteiger partial charge is 0.504 e. The molecule has 1 aromatic carbocycles. The molecule has 1 saturated heterocycles. The van der Waals surface area contributed by atoms with Crippen LogP contribution in [0.15, 0.2) is 30.3 Å². The average molecular weight is 538 g/mol. The lowest BCUT2D eigenvalue weighted by atomic mass is 9.89. The minimum absolute atomic E-state index is 0.0256. The molecule has 0 saturated carbocycles. The summed E-state index contributed by atoms with van der Waals surface area (Å²) in [5.41, 5.74) is 2.79. The molecule has 38 heavy (non-hydrogen) atoms. The number of ether oxygens (including phenoxy) is 1. The quantitative estimate of drug-likeness (QED) is 0.443. The van der Waals surface area contributed by atoms with E-state index in [0.717, 1.165) is 34.8 Å². The number of hydrogen-bond acceptors (Lipinski definition) is 8. The molecule has 2 N–H and O–H groups in total. The highest BCUT2D eigenvalue weighted by molar-refractivity contribution is 7.15. The maximum Gasteiger partial charge on any atom is 0.259 e. The molecular formula is C28H35N5O4S. The normalized spacial score (nSPS) is 14.4. The predicted octanol–water partition coefficient (Wildman–Crippen LogP) is 4.84. The number of piperidine rings is 1. The number of likely N-dealkylation sites (tertiary alicyclic amines) is 1. The van der Waals surface area contributed by atoms with Gasteiger partial charge in [-0.15, -0.1) is 10.2 Å². The minimum atomic E-state index is -0.250. The molecule has 3 aromatic rings. The first-order valence-corrected chi connectivity index (χ1v) is 13.7. The van der Waals surface area contributed by atoms with E-state index in [0.29, 0.717) is 36.1 Å². The predicted molar refractivity (Wildman–Crippen MR) is 147 cm³/mol. The third kappa shape index (κ3) is 6.48. The van der Waals surface area contributed by atoms with Crippen molar-refractivity contribution in [3.05, 3.63) is 57.9 Å². The maximum atomic E-state index is 13.2. The molecule has 2 aromatic heterocycles. The summed E-state index contributed by atoms with van der Waals surface area (Å²) < 4.78 is 5.44. The van der Waals surface area contributed by atoms with Gasteiger partial charge < -0.3 is 14.7 Å². The first-order chi connectivity index (χ1) is 18.0. The zero-order chi connectivity index (χ0) is 27.4. The third-order valence-electron chi connectivity index (χ3n) is 6.51. The van der Waals surface area contributed by atoms with Crippen LogP contribution in [0.5, 0.6) is 11.5 Å². The van der Waals surface area contributed by atoms with Gasteiger partial charge in [-0.1, -0.05) is 38.2 Å². The van der Waals surface area contributed by atoms with Crippen LogP contribution in [0.3, 0.4) is 0 Å². The number of aryl methyl sites for hydroxylation is 1. The second-order valence-electron chi connectivity index (χ2n) is 10.6. The van der Waals surface area contributed by atoms with E-state index in [4.69, 9.17) is 9.72 Å². The fourth-order valence-electron chi connectivity index (χ4n) is 4.45. The number of nitrogens with zero attached hydrogens (tertiary/aromatic N) is 4. The lowest BCUT2D eigenvalue weighted by Gasteiger charge is -2.32. The van der Waals surface area contributed by atoms with Crippen LogP contribution in [0, 0.1) is 6.92 Å². The Morgan fingerprint density at radius 2 is 1.89 bits per heavy atom. The molecule has 10 heteroatoms. The van der Waals surface area contributed by atoms with E-state index in [2.05, 4.69) is 36.3 Å². The Morgan fingerprint density at radius 1 is 1.16 bits per heavy atom. The van der Waals surface area contributed by atoms with Gasteiger partial charge in [0.2, 0.25) is 11.0 Å². The molecule has 9 nitrogen and oxygen atoms in total. The van der Waals surface area contributed by atoms with Gasteiger partial charge in [0.15, 0.2) is 11.5 Å². The summed E-state index contributed by atoms with van der Waals surface area (Å²) in [5.74, 6) is 0.293. The summed E-state index contributed by atoms with van der Waals surface area (Å²) in [6.45, 7) is 11.5. The minimum Gasteiger partial charge on any atom is -0.504 e. The van der Waals surface area contributed by atoms with Gasteiger partial charge in [0.05, 0.1) is 24.3 Å². The Kier molecular flexibility index (Phi) is 8.30. The Morgan fingerprint density at radius 3 is 2.55 bits per heavy atom. The number of phenols is 1. The second kappa shape index (κ2) is 11.5. The Hall–Kier alpha value is -3.53. The van der Waals surface area contributed by atoms with E-state index in [-0.39, 0.29) is 35.3 Å². The van der Waals surface area contributed by atoms with Gasteiger partial charge in [0.25, 0.3) is 5.91 Å². The molecule has 0 spiro atoms. The molecule has 202 valence electrons. The van der Waals surface area contributed by atoms with Gasteiger partial charge >= 0.3 is 0 Å². The topological polar surface area (TPSA) is 118 Å². The highest BCUT2D eigenvalue weighted by atomic mass is 32.1. The second-order valence-corrected chi connectivity index (χ2v) is 11.5. The fourth-order valence-corrected chi connectivity index (χ4v) is 5.25. The smallest absolute Gasteiger partial charge is 0.259 e. The van der Waals surface area contributed by atoms with Gasteiger partial charge in [-0.2, -0.15) is 0 Å². The molecule has 0 bridgehead atoms. The highest BCUT2D eigenvalue weighted by Crippen LogP contribution is 2.32. The molecule has 3 heterocycles. The van der Waals surface area contributed by atoms with Crippen molar-refractivity contribution in [3.63, 3.8) is 0 Å². The van der Waals surface area contributed by atoms with Gasteiger partial charge in [-0.05, 0) is 56.5 Å². The summed E-state index contributed by atoms with van der Waals surface area (Å²) in [5, 5.41) is 22.5. The van der Waals surface area contributed by atoms with Crippen molar-refractivity contribution in [3.8, 4) is 11.5 Å². The van der Waals surface area contributed by atoms with Crippen molar-refractivity contribution in [2.75, 3.05) is 25.0 Å². The lowest BCUT2D eigenvalue weighted by Crippen LogP contribution is -2.39. The van der Waals surface area contributed by atoms with Crippen molar-refractivity contribution in [2.45, 2.75) is 65.2 Å². The number of carbonyl (C=O) groups is 2. The number of hydrogen-bond donors (Lipinski definition) is 2. The molecule has 0 aliphatic carbocycles. The zero-order valence-corrected chi connectivity index (χ0v) is 23.4. The summed E-state index contributed by atoms with van der Waals surface area (Å²) in [4.78, 5) is 32.8. The molecule has 1 aliphatic rings. The van der Waals surface area contributed by atoms with E-state index in [1.807, 2.05) is 30.9 Å². The number of aromatic nitrogens is 3. The fraction of sp³-hybridized carbons (Fsp3) is 0.464. The van der Waals surface area contributed by atoms with Gasteiger partial charge in [-0.25, -0.2) is 0 Å². The first-order valence-electron chi connectivity index (χ1n) is 12.9. The molecule has 0 radical (unpaired) electrons. The van der Waals surface area contributed by atoms with Crippen LogP contribution in [0.2, 0.25) is 0 Å². The molecule has 2 amide bonds. The highest BCUT2D eigenvalue weighted by Gasteiger charge is 2.29. The van der Waals surface area contributed by atoms with Crippen LogP contribution in [0.4, 0.5) is 5.13 Å². The van der Waals surface area contributed by atoms with E-state index in [9.17, 15) is 14.7 Å². The SMILES string of the molecule is CCOc1cc(CC(=O)N2CCC(c3nc(C)ccc3C(=O)Nc3nnc(C(C)(C)C)s3)CC2)ccc1O. The van der Waals surface area contributed by atoms with E-state index in [1.54, 1.807) is 18.2 Å². The summed E-state index contributed by atoms with van der Waals surface area (Å²) in [6.07, 6.45) is 1.67. The van der Waals surface area contributed by atoms with Crippen molar-refractivity contribution < 1.29 is 19.4 Å². The Labute approximate surface area is 227 Å². The van der Waals surface area contributed by atoms with Gasteiger partial charge in [0.1, 0.15) is 5.01 Å². The lowest BCUT2D eigenvalue weighted by molar-refractivity contribution is -0.131. The van der Waals surface area contributed by atoms with Crippen LogP contribution >= 0.6 is 11.3 Å². The maximum absolute atomic E-state index is 13.2. The van der Waals surface area contributed by atoms with Crippen LogP contribution < -0.4 is 10.1 Å². The molecule has 0 unspecified atom stereocenters. The monoisotopic (exact) mass is 537 g/mol. The summed E-state index contributed by atoms with van der Waals surface area (Å²) in [6, 6.07) is 8.67. The Bertz CT molecular complexity index is 1310. The molecule has 1 fully saturated rings. The van der Waals surface area contributed by atoms with Crippen molar-refractivity contribution in [2.24, 2.45) is 0 Å². The van der Waals surface area contributed by atoms with Crippen molar-refractivity contribution in [1.29, 1.82) is 0 Å². The number of rotatable bonds is 7. The van der Waals surface area contributed by atoms with Crippen LogP contribution in [-0.4, -0.2) is 56.7 Å². The number of carbonyl (C=O) groups excluding carboxylic acids is 2. The van der Waals surface area contributed by atoms with E-state index < -0.39 is 0 Å². The van der Waals surface area contributed by atoms with Gasteiger partial charge in [-0.3, -0.25) is 19.9 Å². The Balaban J connectivity index is 1.41. The molecule has 1 aliphatic heterocycles. The van der Waals surface area contributed by atoms with E-state index >= 15 is 0 Å². The van der Waals surface area contributed by atoms with E-state index in [1.165, 1.54) is 11.3 Å². The number of aromatic hydroxyl groups is 1. The molecular weight excluding hydrogens is 502 g/mol. The third-order valence-corrected chi connectivity index (χ3v) is 7.77. The van der Waals surface area contributed by atoms with Gasteiger partial charge in [0, 0.05) is 30.1 Å². The van der Waals surface area contributed by atoms with Crippen LogP contribution in [-0.2, 0) is 16.6 Å². The average Bonchev–Trinajstić information content (AvgIpc) is 3.35. The van der Waals surface area contributed by atoms with Crippen molar-refractivity contribution in [1.82, 2.24) is 20.1 Å².